The Labute approximate surface area is 165 Å². The molecule has 0 spiro atoms. The summed E-state index contributed by atoms with van der Waals surface area (Å²) in [6, 6.07) is 11.4. The largest absolute Gasteiger partial charge is 0.437 e. The van der Waals surface area contributed by atoms with E-state index in [0.29, 0.717) is 5.56 Å². The van der Waals surface area contributed by atoms with Crippen molar-refractivity contribution in [3.8, 4) is 0 Å². The fraction of sp³-hybridized carbons (Fsp3) is 0.333. The molecule has 0 aliphatic carbocycles. The first-order valence-corrected chi connectivity index (χ1v) is 9.11. The maximum Gasteiger partial charge on any atom is 0.437 e. The number of carbonyl (C=O) groups excluding carboxylic acids is 2. The number of hydrogen-bond acceptors (Lipinski definition) is 3. The number of carbonyl (C=O) groups is 2. The average molecular weight is 406 g/mol. The van der Waals surface area contributed by atoms with Crippen molar-refractivity contribution in [2.24, 2.45) is 5.92 Å². The summed E-state index contributed by atoms with van der Waals surface area (Å²) in [6.45, 7) is 3.93. The molecule has 1 aliphatic rings. The molecule has 3 N–H and O–H groups in total. The minimum absolute atomic E-state index is 0.00178. The molecule has 1 saturated heterocycles. The fourth-order valence-corrected chi connectivity index (χ4v) is 3.49. The molecule has 0 bridgehead atoms. The van der Waals surface area contributed by atoms with E-state index in [9.17, 15) is 27.9 Å². The number of Topliss-reactive ketones (excluding diaryl/α,β-unsaturated/α-hetero) is 1. The molecule has 1 heterocycles. The normalized spacial score (nSPS) is 24.7. The second-order valence-corrected chi connectivity index (χ2v) is 7.37. The van der Waals surface area contributed by atoms with Crippen LogP contribution in [0, 0.1) is 5.92 Å². The number of aliphatic hydroxyl groups is 1. The molecule has 29 heavy (non-hydrogen) atoms. The van der Waals surface area contributed by atoms with Crippen molar-refractivity contribution in [3.63, 3.8) is 0 Å². The van der Waals surface area contributed by atoms with Crippen molar-refractivity contribution in [2.45, 2.75) is 37.7 Å². The zero-order valence-corrected chi connectivity index (χ0v) is 15.8. The highest BCUT2D eigenvalue weighted by Crippen LogP contribution is 2.44. The molecule has 3 rings (SSSR count). The van der Waals surface area contributed by atoms with Crippen molar-refractivity contribution < 1.29 is 27.9 Å². The van der Waals surface area contributed by atoms with Gasteiger partial charge in [-0.3, -0.25) is 4.79 Å². The van der Waals surface area contributed by atoms with Gasteiger partial charge < -0.3 is 15.7 Å². The van der Waals surface area contributed by atoms with Gasteiger partial charge in [-0.25, -0.2) is 4.79 Å². The third-order valence-corrected chi connectivity index (χ3v) is 5.11. The number of halogens is 3. The van der Waals surface area contributed by atoms with Crippen LogP contribution in [0.15, 0.2) is 54.6 Å². The van der Waals surface area contributed by atoms with Gasteiger partial charge >= 0.3 is 12.2 Å². The van der Waals surface area contributed by atoms with E-state index in [1.54, 1.807) is 30.3 Å². The van der Waals surface area contributed by atoms with E-state index in [1.165, 1.54) is 29.6 Å². The van der Waals surface area contributed by atoms with Crippen molar-refractivity contribution in [3.05, 3.63) is 71.3 Å². The number of ketones is 1. The van der Waals surface area contributed by atoms with E-state index < -0.39 is 35.7 Å². The number of nitrogens with one attached hydrogen (secondary N) is 2. The second-order valence-electron chi connectivity index (χ2n) is 7.37. The van der Waals surface area contributed by atoms with Gasteiger partial charge in [-0.05, 0) is 17.0 Å². The molecule has 1 aliphatic heterocycles. The van der Waals surface area contributed by atoms with E-state index in [1.807, 2.05) is 13.8 Å². The van der Waals surface area contributed by atoms with Crippen LogP contribution in [-0.4, -0.2) is 28.8 Å². The summed E-state index contributed by atoms with van der Waals surface area (Å²) in [5, 5.41) is 14.4. The summed E-state index contributed by atoms with van der Waals surface area (Å²) < 4.78 is 41.5. The molecule has 3 atom stereocenters. The molecule has 0 unspecified atom stereocenters. The molecule has 0 radical (unpaired) electrons. The van der Waals surface area contributed by atoms with Crippen LogP contribution in [0.25, 0.3) is 0 Å². The van der Waals surface area contributed by atoms with Crippen molar-refractivity contribution >= 4 is 11.8 Å². The molecule has 2 aromatic carbocycles. The lowest BCUT2D eigenvalue weighted by atomic mass is 9.77. The van der Waals surface area contributed by atoms with Gasteiger partial charge in [-0.15, -0.1) is 0 Å². The number of alkyl halides is 3. The summed E-state index contributed by atoms with van der Waals surface area (Å²) in [7, 11) is 0. The average Bonchev–Trinajstić information content (AvgIpc) is 2.67. The first kappa shape index (κ1) is 20.9. The van der Waals surface area contributed by atoms with Crippen molar-refractivity contribution in [1.29, 1.82) is 0 Å². The number of urea groups is 1. The van der Waals surface area contributed by atoms with Crippen LogP contribution in [0.5, 0.6) is 0 Å². The van der Waals surface area contributed by atoms with E-state index >= 15 is 0 Å². The van der Waals surface area contributed by atoms with Crippen LogP contribution in [0.4, 0.5) is 18.0 Å². The third kappa shape index (κ3) is 3.85. The van der Waals surface area contributed by atoms with Crippen molar-refractivity contribution in [2.75, 3.05) is 0 Å². The van der Waals surface area contributed by atoms with Gasteiger partial charge in [-0.1, -0.05) is 68.4 Å². The lowest BCUT2D eigenvalue weighted by Gasteiger charge is -2.45. The minimum Gasteiger partial charge on any atom is -0.363 e. The molecular formula is C21H21F3N2O3. The number of rotatable bonds is 4. The van der Waals surface area contributed by atoms with Crippen LogP contribution >= 0.6 is 0 Å². The molecule has 154 valence electrons. The monoisotopic (exact) mass is 406 g/mol. The Bertz CT molecular complexity index is 898. The van der Waals surface area contributed by atoms with Gasteiger partial charge in [-0.2, -0.15) is 13.2 Å². The first-order valence-electron chi connectivity index (χ1n) is 9.11. The summed E-state index contributed by atoms with van der Waals surface area (Å²) in [6.07, 6.45) is -5.27. The van der Waals surface area contributed by atoms with Crippen LogP contribution in [0.3, 0.4) is 0 Å². The highest BCUT2D eigenvalue weighted by atomic mass is 19.4. The smallest absolute Gasteiger partial charge is 0.363 e. The number of hydrogen-bond donors (Lipinski definition) is 3. The standard InChI is InChI=1S/C21H21F3N2O3/c1-12(2)13-8-10-14(11-9-13)17-16(18(27)15-6-4-3-5-7-15)20(29,21(22,23)24)26-19(28)25-17/h3-12,16-17,29H,1-2H3,(H2,25,26,28)/t16-,17+,20-/m0/s1. The summed E-state index contributed by atoms with van der Waals surface area (Å²) in [5.74, 6) is -2.76. The van der Waals surface area contributed by atoms with E-state index in [-0.39, 0.29) is 11.5 Å². The zero-order valence-electron chi connectivity index (χ0n) is 15.8. The van der Waals surface area contributed by atoms with E-state index in [4.69, 9.17) is 0 Å². The summed E-state index contributed by atoms with van der Waals surface area (Å²) in [4.78, 5) is 25.1. The maximum absolute atomic E-state index is 13.8. The molecule has 1 fully saturated rings. The minimum atomic E-state index is -5.27. The maximum atomic E-state index is 13.8. The van der Waals surface area contributed by atoms with Gasteiger partial charge in [0.15, 0.2) is 5.78 Å². The van der Waals surface area contributed by atoms with Crippen LogP contribution in [-0.2, 0) is 0 Å². The lowest BCUT2D eigenvalue weighted by Crippen LogP contribution is -2.72. The Balaban J connectivity index is 2.13. The first-order chi connectivity index (χ1) is 13.5. The predicted octanol–water partition coefficient (Wildman–Crippen LogP) is 3.91. The van der Waals surface area contributed by atoms with Crippen LogP contribution in [0.2, 0.25) is 0 Å². The van der Waals surface area contributed by atoms with Gasteiger partial charge in [0.05, 0.1) is 6.04 Å². The summed E-state index contributed by atoms with van der Waals surface area (Å²) >= 11 is 0. The Morgan fingerprint density at radius 1 is 1.07 bits per heavy atom. The highest BCUT2D eigenvalue weighted by Gasteiger charge is 2.66. The van der Waals surface area contributed by atoms with E-state index in [0.717, 1.165) is 5.56 Å². The highest BCUT2D eigenvalue weighted by molar-refractivity contribution is 6.00. The zero-order chi connectivity index (χ0) is 21.4. The van der Waals surface area contributed by atoms with Crippen LogP contribution < -0.4 is 10.6 Å². The summed E-state index contributed by atoms with van der Waals surface area (Å²) in [5.41, 5.74) is -2.47. The Morgan fingerprint density at radius 3 is 2.17 bits per heavy atom. The fourth-order valence-electron chi connectivity index (χ4n) is 3.49. The lowest BCUT2D eigenvalue weighted by molar-refractivity contribution is -0.287. The van der Waals surface area contributed by atoms with E-state index in [2.05, 4.69) is 5.32 Å². The Kier molecular flexibility index (Phi) is 5.40. The van der Waals surface area contributed by atoms with Gasteiger partial charge in [0, 0.05) is 5.56 Å². The third-order valence-electron chi connectivity index (χ3n) is 5.11. The van der Waals surface area contributed by atoms with Crippen LogP contribution in [0.1, 0.15) is 47.3 Å². The SMILES string of the molecule is CC(C)c1ccc([C@H]2NC(=O)N[C@@](O)(C(F)(F)F)[C@@H]2C(=O)c2ccccc2)cc1. The van der Waals surface area contributed by atoms with Gasteiger partial charge in [0.25, 0.3) is 0 Å². The van der Waals surface area contributed by atoms with Gasteiger partial charge in [0.2, 0.25) is 5.72 Å². The molecule has 2 aromatic rings. The number of amides is 2. The molecule has 2 amide bonds. The molecule has 5 nitrogen and oxygen atoms in total. The topological polar surface area (TPSA) is 78.4 Å². The number of benzene rings is 2. The molecule has 0 saturated carbocycles. The molecule has 0 aromatic heterocycles. The van der Waals surface area contributed by atoms with Crippen molar-refractivity contribution in [1.82, 2.24) is 10.6 Å². The second kappa shape index (κ2) is 7.51. The molecule has 8 heteroatoms. The predicted molar refractivity (Wildman–Crippen MR) is 100 cm³/mol. The quantitative estimate of drug-likeness (QED) is 0.674. The van der Waals surface area contributed by atoms with Gasteiger partial charge in [0.1, 0.15) is 5.92 Å². The Morgan fingerprint density at radius 2 is 1.66 bits per heavy atom. The molecular weight excluding hydrogens is 385 g/mol. The Hall–Kier alpha value is -2.87.